The first kappa shape index (κ1) is 19.1. The Morgan fingerprint density at radius 3 is 2.55 bits per heavy atom. The van der Waals surface area contributed by atoms with Gasteiger partial charge < -0.3 is 14.4 Å². The highest BCUT2D eigenvalue weighted by atomic mass is 32.2. The molecular weight excluding hydrogens is 284 g/mol. The summed E-state index contributed by atoms with van der Waals surface area (Å²) < 4.78 is 35.5. The maximum absolute atomic E-state index is 11.3. The molecule has 0 unspecified atom stereocenters. The molecule has 0 amide bonds. The number of hydrogen-bond donors (Lipinski definition) is 1. The number of ether oxygens (including phenoxy) is 1. The van der Waals surface area contributed by atoms with Gasteiger partial charge in [-0.2, -0.15) is 0 Å². The number of carbonyl (C=O) groups is 1. The van der Waals surface area contributed by atoms with E-state index in [1.165, 1.54) is 6.08 Å². The summed E-state index contributed by atoms with van der Waals surface area (Å²) >= 11 is 0. The van der Waals surface area contributed by atoms with Crippen molar-refractivity contribution >= 4 is 16.1 Å². The van der Waals surface area contributed by atoms with E-state index >= 15 is 0 Å². The molecule has 0 rings (SSSR count). The second-order valence-corrected chi connectivity index (χ2v) is 6.39. The van der Waals surface area contributed by atoms with Gasteiger partial charge in [0.15, 0.2) is 0 Å². The quantitative estimate of drug-likeness (QED) is 0.283. The van der Waals surface area contributed by atoms with Gasteiger partial charge >= 0.3 is 5.97 Å². The molecule has 0 aromatic rings. The van der Waals surface area contributed by atoms with E-state index in [4.69, 9.17) is 5.11 Å². The molecule has 0 saturated carbocycles. The van der Waals surface area contributed by atoms with E-state index in [9.17, 15) is 17.8 Å². The average Bonchev–Trinajstić information content (AvgIpc) is 2.26. The fourth-order valence-electron chi connectivity index (χ4n) is 1.58. The largest absolute Gasteiger partial charge is 0.748 e. The van der Waals surface area contributed by atoms with Gasteiger partial charge in [0.05, 0.1) is 22.0 Å². The molecule has 0 radical (unpaired) electrons. The van der Waals surface area contributed by atoms with Crippen molar-refractivity contribution in [2.45, 2.75) is 52.1 Å². The molecule has 0 heterocycles. The molecule has 0 aliphatic heterocycles. The molecule has 0 fully saturated rings. The number of carbonyl (C=O) groups excluding carboxylic acids is 1. The highest BCUT2D eigenvalue weighted by molar-refractivity contribution is 7.85. The van der Waals surface area contributed by atoms with E-state index in [2.05, 4.69) is 4.74 Å². The summed E-state index contributed by atoms with van der Waals surface area (Å²) in [5, 5.41) is 9.08. The van der Waals surface area contributed by atoms with Crippen LogP contribution in [-0.4, -0.2) is 42.5 Å². The van der Waals surface area contributed by atoms with E-state index in [1.54, 1.807) is 13.8 Å². The van der Waals surface area contributed by atoms with Crippen LogP contribution in [0.1, 0.15) is 46.0 Å². The Bertz CT molecular complexity index is 411. The maximum Gasteiger partial charge on any atom is 0.330 e. The van der Waals surface area contributed by atoms with Crippen molar-refractivity contribution in [1.29, 1.82) is 0 Å². The minimum Gasteiger partial charge on any atom is -0.748 e. The molecule has 6 nitrogen and oxygen atoms in total. The van der Waals surface area contributed by atoms with Gasteiger partial charge in [0.2, 0.25) is 0 Å². The van der Waals surface area contributed by atoms with Crippen LogP contribution in [0.5, 0.6) is 0 Å². The van der Waals surface area contributed by atoms with Gasteiger partial charge in [-0.1, -0.05) is 18.4 Å². The third kappa shape index (κ3) is 13.5. The Labute approximate surface area is 120 Å². The average molecular weight is 307 g/mol. The van der Waals surface area contributed by atoms with Gasteiger partial charge in [-0.25, -0.2) is 13.2 Å². The molecule has 0 bridgehead atoms. The fraction of sp³-hybridized carbons (Fsp3) is 0.769. The first-order chi connectivity index (χ1) is 9.20. The van der Waals surface area contributed by atoms with E-state index in [1.807, 2.05) is 0 Å². The van der Waals surface area contributed by atoms with Gasteiger partial charge in [0.1, 0.15) is 6.61 Å². The summed E-state index contributed by atoms with van der Waals surface area (Å²) in [7, 11) is -4.34. The Balaban J connectivity index is 3.79. The van der Waals surface area contributed by atoms with Crippen molar-refractivity contribution in [2.24, 2.45) is 0 Å². The van der Waals surface area contributed by atoms with Crippen molar-refractivity contribution < 1.29 is 27.6 Å². The molecule has 0 saturated heterocycles. The molecule has 0 aromatic carbocycles. The van der Waals surface area contributed by atoms with Crippen molar-refractivity contribution in [3.63, 3.8) is 0 Å². The Kier molecular flexibility index (Phi) is 9.45. The third-order valence-electron chi connectivity index (χ3n) is 2.63. The van der Waals surface area contributed by atoms with Crippen LogP contribution in [0.4, 0.5) is 0 Å². The molecule has 0 aliphatic carbocycles. The Morgan fingerprint density at radius 1 is 1.35 bits per heavy atom. The fourth-order valence-corrected chi connectivity index (χ4v) is 1.87. The summed E-state index contributed by atoms with van der Waals surface area (Å²) in [6.45, 7) is 3.13. The molecule has 0 spiro atoms. The Hall–Kier alpha value is -0.920. The molecule has 118 valence electrons. The minimum atomic E-state index is -4.34. The highest BCUT2D eigenvalue weighted by Crippen LogP contribution is 2.10. The molecule has 1 N–H and O–H groups in total. The molecule has 0 aliphatic rings. The van der Waals surface area contributed by atoms with Gasteiger partial charge in [-0.05, 0) is 33.1 Å². The number of unbranched alkanes of at least 4 members (excludes halogenated alkanes) is 2. The second-order valence-electron chi connectivity index (χ2n) is 4.87. The van der Waals surface area contributed by atoms with Gasteiger partial charge in [-0.15, -0.1) is 0 Å². The van der Waals surface area contributed by atoms with Crippen LogP contribution in [0.25, 0.3) is 0 Å². The smallest absolute Gasteiger partial charge is 0.330 e. The van der Waals surface area contributed by atoms with E-state index in [0.29, 0.717) is 0 Å². The van der Waals surface area contributed by atoms with Crippen LogP contribution >= 0.6 is 0 Å². The topological polar surface area (TPSA) is 104 Å². The zero-order valence-corrected chi connectivity index (χ0v) is 12.8. The highest BCUT2D eigenvalue weighted by Gasteiger charge is 2.02. The van der Waals surface area contributed by atoms with Crippen molar-refractivity contribution in [3.8, 4) is 0 Å². The van der Waals surface area contributed by atoms with Crippen molar-refractivity contribution in [2.75, 3.05) is 12.4 Å². The lowest BCUT2D eigenvalue weighted by molar-refractivity contribution is -0.137. The monoisotopic (exact) mass is 307 g/mol. The zero-order chi connectivity index (χ0) is 15.6. The first-order valence-electron chi connectivity index (χ1n) is 6.66. The summed E-state index contributed by atoms with van der Waals surface area (Å²) in [6.07, 6.45) is 5.38. The van der Waals surface area contributed by atoms with E-state index in [0.717, 1.165) is 37.7 Å². The van der Waals surface area contributed by atoms with Gasteiger partial charge in [-0.3, -0.25) is 0 Å². The number of aliphatic hydroxyl groups is 1. The van der Waals surface area contributed by atoms with Crippen LogP contribution in [0, 0.1) is 0 Å². The molecule has 7 heteroatoms. The summed E-state index contributed by atoms with van der Waals surface area (Å²) in [6, 6.07) is 0. The first-order valence-corrected chi connectivity index (χ1v) is 8.24. The van der Waals surface area contributed by atoms with Crippen molar-refractivity contribution in [3.05, 3.63) is 11.6 Å². The lowest BCUT2D eigenvalue weighted by Crippen LogP contribution is -2.13. The van der Waals surface area contributed by atoms with Crippen LogP contribution in [-0.2, 0) is 19.6 Å². The number of rotatable bonds is 10. The number of aliphatic hydroxyl groups excluding tert-OH is 1. The number of esters is 1. The lowest BCUT2D eigenvalue weighted by atomic mass is 10.1. The van der Waals surface area contributed by atoms with Gasteiger partial charge in [0.25, 0.3) is 0 Å². The van der Waals surface area contributed by atoms with E-state index in [-0.39, 0.29) is 6.10 Å². The van der Waals surface area contributed by atoms with Gasteiger partial charge in [0, 0.05) is 6.08 Å². The second kappa shape index (κ2) is 9.90. The zero-order valence-electron chi connectivity index (χ0n) is 12.0. The lowest BCUT2D eigenvalue weighted by Gasteiger charge is -2.07. The maximum atomic E-state index is 11.3. The third-order valence-corrected chi connectivity index (χ3v) is 3.30. The number of allylic oxidation sites excluding steroid dienone is 1. The predicted molar refractivity (Wildman–Crippen MR) is 74.0 cm³/mol. The van der Waals surface area contributed by atoms with Crippen LogP contribution in [0.15, 0.2) is 11.6 Å². The molecule has 1 atom stereocenters. The number of hydrogen-bond acceptors (Lipinski definition) is 6. The van der Waals surface area contributed by atoms with Crippen LogP contribution in [0.2, 0.25) is 0 Å². The summed E-state index contributed by atoms with van der Waals surface area (Å²) in [5.41, 5.74) is 0.844. The molecular formula is C13H23O6S-. The SMILES string of the molecule is C/C(=C/C(=O)OCCS(=O)(=O)[O-])CCCCC[C@H](C)O. The molecule has 20 heavy (non-hydrogen) atoms. The van der Waals surface area contributed by atoms with Crippen LogP contribution in [0.3, 0.4) is 0 Å². The van der Waals surface area contributed by atoms with Crippen molar-refractivity contribution in [1.82, 2.24) is 0 Å². The van der Waals surface area contributed by atoms with Crippen LogP contribution < -0.4 is 0 Å². The summed E-state index contributed by atoms with van der Waals surface area (Å²) in [4.78, 5) is 11.3. The predicted octanol–water partition coefficient (Wildman–Crippen LogP) is 1.35. The normalized spacial score (nSPS) is 14.1. The molecule has 0 aromatic heterocycles. The van der Waals surface area contributed by atoms with E-state index < -0.39 is 28.4 Å². The standard InChI is InChI=1S/C13H24O6S/c1-11(6-4-3-5-7-12(2)14)10-13(15)19-8-9-20(16,17)18/h10,12,14H,3-9H2,1-2H3,(H,16,17,18)/p-1/b11-10-/t12-/m0/s1. The minimum absolute atomic E-state index is 0.279. The summed E-state index contributed by atoms with van der Waals surface area (Å²) in [5.74, 6) is -1.33. The Morgan fingerprint density at radius 2 is 2.00 bits per heavy atom.